The Bertz CT molecular complexity index is 980. The molecule has 0 radical (unpaired) electrons. The van der Waals surface area contributed by atoms with Crippen molar-refractivity contribution >= 4 is 16.8 Å². The first kappa shape index (κ1) is 17.6. The lowest BCUT2D eigenvalue weighted by molar-refractivity contribution is 0.0645. The Kier molecular flexibility index (Phi) is 4.86. The van der Waals surface area contributed by atoms with Crippen molar-refractivity contribution in [3.63, 3.8) is 0 Å². The van der Waals surface area contributed by atoms with Crippen LogP contribution in [-0.4, -0.2) is 53.4 Å². The summed E-state index contributed by atoms with van der Waals surface area (Å²) in [6, 6.07) is 15.8. The van der Waals surface area contributed by atoms with E-state index in [4.69, 9.17) is 0 Å². The zero-order chi connectivity index (χ0) is 18.8. The van der Waals surface area contributed by atoms with Gasteiger partial charge in [-0.25, -0.2) is 9.37 Å². The minimum Gasteiger partial charge on any atom is -0.336 e. The van der Waals surface area contributed by atoms with Gasteiger partial charge in [-0.1, -0.05) is 37.3 Å². The van der Waals surface area contributed by atoms with Crippen LogP contribution in [0.4, 0.5) is 4.39 Å². The highest BCUT2D eigenvalue weighted by atomic mass is 19.1. The summed E-state index contributed by atoms with van der Waals surface area (Å²) in [5.74, 6) is -0.350. The van der Waals surface area contributed by atoms with Gasteiger partial charge in [-0.2, -0.15) is 0 Å². The van der Waals surface area contributed by atoms with E-state index in [1.54, 1.807) is 24.3 Å². The van der Waals surface area contributed by atoms with Crippen LogP contribution in [0, 0.1) is 5.82 Å². The fourth-order valence-corrected chi connectivity index (χ4v) is 3.60. The first-order valence-corrected chi connectivity index (χ1v) is 9.33. The van der Waals surface area contributed by atoms with Crippen molar-refractivity contribution in [1.29, 1.82) is 0 Å². The van der Waals surface area contributed by atoms with E-state index in [-0.39, 0.29) is 11.7 Å². The average Bonchev–Trinajstić information content (AvgIpc) is 2.73. The van der Waals surface area contributed by atoms with Crippen molar-refractivity contribution in [3.8, 4) is 11.3 Å². The monoisotopic (exact) mass is 363 g/mol. The normalized spacial score (nSPS) is 15.3. The molecule has 2 aromatic carbocycles. The molecule has 0 N–H and O–H groups in total. The molecule has 5 heteroatoms. The van der Waals surface area contributed by atoms with E-state index in [1.165, 1.54) is 6.07 Å². The van der Waals surface area contributed by atoms with Crippen molar-refractivity contribution in [1.82, 2.24) is 14.8 Å². The molecule has 27 heavy (non-hydrogen) atoms. The largest absolute Gasteiger partial charge is 0.336 e. The number of pyridine rings is 1. The molecule has 1 saturated heterocycles. The summed E-state index contributed by atoms with van der Waals surface area (Å²) in [6.45, 7) is 6.31. The molecule has 3 aromatic rings. The standard InChI is InChI=1S/C22H22FN3O/c1-2-25-11-13-26(14-12-25)22(27)18-15-21(17-8-3-5-9-19(17)23)24-20-10-6-4-7-16(18)20/h3-10,15H,2,11-14H2,1H3. The summed E-state index contributed by atoms with van der Waals surface area (Å²) < 4.78 is 14.3. The topological polar surface area (TPSA) is 36.4 Å². The van der Waals surface area contributed by atoms with Gasteiger partial charge in [-0.15, -0.1) is 0 Å². The van der Waals surface area contributed by atoms with Crippen LogP contribution in [0.1, 0.15) is 17.3 Å². The highest BCUT2D eigenvalue weighted by molar-refractivity contribution is 6.07. The molecular formula is C22H22FN3O. The Hall–Kier alpha value is -2.79. The first-order chi connectivity index (χ1) is 13.2. The van der Waals surface area contributed by atoms with Gasteiger partial charge >= 0.3 is 0 Å². The van der Waals surface area contributed by atoms with Gasteiger partial charge in [0.05, 0.1) is 16.8 Å². The van der Waals surface area contributed by atoms with E-state index in [2.05, 4.69) is 16.8 Å². The van der Waals surface area contributed by atoms with Gasteiger partial charge in [-0.3, -0.25) is 4.79 Å². The van der Waals surface area contributed by atoms with Crippen LogP contribution in [0.5, 0.6) is 0 Å². The number of piperazine rings is 1. The summed E-state index contributed by atoms with van der Waals surface area (Å²) in [6.07, 6.45) is 0. The van der Waals surface area contributed by atoms with Crippen LogP contribution in [0.2, 0.25) is 0 Å². The fraction of sp³-hybridized carbons (Fsp3) is 0.273. The number of likely N-dealkylation sites (N-methyl/N-ethyl adjacent to an activating group) is 1. The van der Waals surface area contributed by atoms with Gasteiger partial charge in [0, 0.05) is 37.1 Å². The summed E-state index contributed by atoms with van der Waals surface area (Å²) in [4.78, 5) is 22.1. The second-order valence-corrected chi connectivity index (χ2v) is 6.78. The van der Waals surface area contributed by atoms with Gasteiger partial charge in [0.2, 0.25) is 0 Å². The first-order valence-electron chi connectivity index (χ1n) is 9.33. The number of hydrogen-bond acceptors (Lipinski definition) is 3. The second kappa shape index (κ2) is 7.45. The number of aromatic nitrogens is 1. The summed E-state index contributed by atoms with van der Waals surface area (Å²) in [7, 11) is 0. The van der Waals surface area contributed by atoms with Crippen LogP contribution >= 0.6 is 0 Å². The third-order valence-electron chi connectivity index (χ3n) is 5.20. The third kappa shape index (κ3) is 3.43. The maximum atomic E-state index is 14.3. The van der Waals surface area contributed by atoms with Crippen LogP contribution in [0.15, 0.2) is 54.6 Å². The molecule has 1 fully saturated rings. The number of hydrogen-bond donors (Lipinski definition) is 0. The zero-order valence-electron chi connectivity index (χ0n) is 15.4. The lowest BCUT2D eigenvalue weighted by Gasteiger charge is -2.34. The SMILES string of the molecule is CCN1CCN(C(=O)c2cc(-c3ccccc3F)nc3ccccc23)CC1. The molecule has 1 aliphatic rings. The molecule has 4 nitrogen and oxygen atoms in total. The predicted octanol–water partition coefficient (Wildman–Crippen LogP) is 3.82. The number of nitrogens with zero attached hydrogens (tertiary/aromatic N) is 3. The second-order valence-electron chi connectivity index (χ2n) is 6.78. The van der Waals surface area contributed by atoms with E-state index >= 15 is 0 Å². The minimum atomic E-state index is -0.338. The van der Waals surface area contributed by atoms with Gasteiger partial charge < -0.3 is 9.80 Å². The van der Waals surface area contributed by atoms with Crippen molar-refractivity contribution in [3.05, 3.63) is 66.0 Å². The van der Waals surface area contributed by atoms with E-state index in [0.29, 0.717) is 35.4 Å². The molecule has 1 aromatic heterocycles. The average molecular weight is 363 g/mol. The molecule has 1 amide bonds. The Labute approximate surface area is 158 Å². The van der Waals surface area contributed by atoms with Crippen LogP contribution < -0.4 is 0 Å². The number of carbonyl (C=O) groups is 1. The van der Waals surface area contributed by atoms with E-state index in [1.807, 2.05) is 29.2 Å². The van der Waals surface area contributed by atoms with Gasteiger partial charge in [-0.05, 0) is 30.8 Å². The molecule has 0 aliphatic carbocycles. The number of carbonyl (C=O) groups excluding carboxylic acids is 1. The summed E-state index contributed by atoms with van der Waals surface area (Å²) >= 11 is 0. The quantitative estimate of drug-likeness (QED) is 0.710. The van der Waals surface area contributed by atoms with Gasteiger partial charge in [0.15, 0.2) is 0 Å². The smallest absolute Gasteiger partial charge is 0.254 e. The zero-order valence-corrected chi connectivity index (χ0v) is 15.4. The molecule has 1 aliphatic heterocycles. The molecule has 0 atom stereocenters. The van der Waals surface area contributed by atoms with Crippen LogP contribution in [0.25, 0.3) is 22.2 Å². The van der Waals surface area contributed by atoms with Crippen molar-refractivity contribution in [2.45, 2.75) is 6.92 Å². The molecule has 0 unspecified atom stereocenters. The Morgan fingerprint density at radius 1 is 1.04 bits per heavy atom. The number of fused-ring (bicyclic) bond motifs is 1. The van der Waals surface area contributed by atoms with E-state index < -0.39 is 0 Å². The van der Waals surface area contributed by atoms with Crippen molar-refractivity contribution in [2.75, 3.05) is 32.7 Å². The Morgan fingerprint density at radius 3 is 2.48 bits per heavy atom. The maximum absolute atomic E-state index is 14.3. The summed E-state index contributed by atoms with van der Waals surface area (Å²) in [5.41, 5.74) is 2.19. The molecule has 2 heterocycles. The fourth-order valence-electron chi connectivity index (χ4n) is 3.60. The van der Waals surface area contributed by atoms with Crippen LogP contribution in [-0.2, 0) is 0 Å². The van der Waals surface area contributed by atoms with Crippen molar-refractivity contribution < 1.29 is 9.18 Å². The van der Waals surface area contributed by atoms with Crippen molar-refractivity contribution in [2.24, 2.45) is 0 Å². The minimum absolute atomic E-state index is 0.0121. The molecule has 4 rings (SSSR count). The number of amides is 1. The number of halogens is 1. The Morgan fingerprint density at radius 2 is 1.74 bits per heavy atom. The predicted molar refractivity (Wildman–Crippen MR) is 105 cm³/mol. The van der Waals surface area contributed by atoms with Gasteiger partial charge in [0.1, 0.15) is 5.82 Å². The molecular weight excluding hydrogens is 341 g/mol. The molecule has 0 saturated carbocycles. The molecule has 0 spiro atoms. The lowest BCUT2D eigenvalue weighted by atomic mass is 10.0. The summed E-state index contributed by atoms with van der Waals surface area (Å²) in [5, 5.41) is 0.806. The maximum Gasteiger partial charge on any atom is 0.254 e. The number of benzene rings is 2. The van der Waals surface area contributed by atoms with Gasteiger partial charge in [0.25, 0.3) is 5.91 Å². The van der Waals surface area contributed by atoms with Crippen LogP contribution in [0.3, 0.4) is 0 Å². The number of rotatable bonds is 3. The molecule has 138 valence electrons. The van der Waals surface area contributed by atoms with E-state index in [9.17, 15) is 9.18 Å². The Balaban J connectivity index is 1.77. The third-order valence-corrected chi connectivity index (χ3v) is 5.20. The highest BCUT2D eigenvalue weighted by Gasteiger charge is 2.24. The van der Waals surface area contributed by atoms with E-state index in [0.717, 1.165) is 25.0 Å². The lowest BCUT2D eigenvalue weighted by Crippen LogP contribution is -2.48. The highest BCUT2D eigenvalue weighted by Crippen LogP contribution is 2.27. The molecule has 0 bridgehead atoms. The number of para-hydroxylation sites is 1.